The molecular weight excluding hydrogens is 326 g/mol. The van der Waals surface area contributed by atoms with E-state index in [0.717, 1.165) is 17.0 Å². The Hall–Kier alpha value is -3.46. The van der Waals surface area contributed by atoms with Crippen molar-refractivity contribution < 1.29 is 4.79 Å². The predicted octanol–water partition coefficient (Wildman–Crippen LogP) is 2.92. The van der Waals surface area contributed by atoms with Gasteiger partial charge in [0.25, 0.3) is 0 Å². The van der Waals surface area contributed by atoms with Crippen molar-refractivity contribution in [3.8, 4) is 17.5 Å². The molecule has 1 aromatic heterocycles. The van der Waals surface area contributed by atoms with Gasteiger partial charge in [0, 0.05) is 12.1 Å². The molecule has 4 rings (SSSR count). The van der Waals surface area contributed by atoms with Crippen LogP contribution in [-0.4, -0.2) is 25.6 Å². The third-order valence-electron chi connectivity index (χ3n) is 4.62. The molecule has 6 nitrogen and oxygen atoms in total. The van der Waals surface area contributed by atoms with Crippen LogP contribution in [0.1, 0.15) is 29.9 Å². The number of amides is 1. The second-order valence-electron chi connectivity index (χ2n) is 6.36. The summed E-state index contributed by atoms with van der Waals surface area (Å²) in [6.07, 6.45) is 0. The van der Waals surface area contributed by atoms with Crippen LogP contribution in [0, 0.1) is 11.3 Å². The molecule has 0 aliphatic carbocycles. The fourth-order valence-electron chi connectivity index (χ4n) is 3.32. The standard InChI is InChI=1S/C20H17N5O/c1-14-20(26)24(12-15-6-3-2-4-7-15)13-18-22-23-19(25(14)18)17-9-5-8-16(10-17)11-21/h2-10,14H,12-13H2,1H3/t14-/m0/s1. The number of rotatable bonds is 3. The Labute approximate surface area is 151 Å². The third kappa shape index (κ3) is 2.74. The van der Waals surface area contributed by atoms with Gasteiger partial charge < -0.3 is 4.90 Å². The number of carbonyl (C=O) groups is 1. The molecule has 0 spiro atoms. The van der Waals surface area contributed by atoms with E-state index in [0.29, 0.717) is 24.5 Å². The summed E-state index contributed by atoms with van der Waals surface area (Å²) >= 11 is 0. The molecule has 0 bridgehead atoms. The average Bonchev–Trinajstić information content (AvgIpc) is 3.11. The molecule has 1 atom stereocenters. The van der Waals surface area contributed by atoms with E-state index < -0.39 is 6.04 Å². The Morgan fingerprint density at radius 1 is 1.15 bits per heavy atom. The van der Waals surface area contributed by atoms with E-state index in [4.69, 9.17) is 5.26 Å². The number of benzene rings is 2. The number of aromatic nitrogens is 3. The Morgan fingerprint density at radius 3 is 2.73 bits per heavy atom. The molecule has 26 heavy (non-hydrogen) atoms. The van der Waals surface area contributed by atoms with Gasteiger partial charge in [0.05, 0.1) is 18.2 Å². The molecule has 0 N–H and O–H groups in total. The van der Waals surface area contributed by atoms with Crippen LogP contribution in [0.2, 0.25) is 0 Å². The smallest absolute Gasteiger partial charge is 0.246 e. The number of nitriles is 1. The molecule has 1 aliphatic heterocycles. The van der Waals surface area contributed by atoms with E-state index in [2.05, 4.69) is 16.3 Å². The third-order valence-corrected chi connectivity index (χ3v) is 4.62. The zero-order chi connectivity index (χ0) is 18.1. The van der Waals surface area contributed by atoms with Crippen molar-refractivity contribution in [1.29, 1.82) is 5.26 Å². The van der Waals surface area contributed by atoms with Gasteiger partial charge in [-0.2, -0.15) is 5.26 Å². The highest BCUT2D eigenvalue weighted by atomic mass is 16.2. The van der Waals surface area contributed by atoms with E-state index >= 15 is 0 Å². The van der Waals surface area contributed by atoms with Crippen molar-refractivity contribution in [1.82, 2.24) is 19.7 Å². The maximum atomic E-state index is 12.9. The maximum absolute atomic E-state index is 12.9. The van der Waals surface area contributed by atoms with Gasteiger partial charge in [-0.1, -0.05) is 42.5 Å². The molecule has 1 amide bonds. The average molecular weight is 343 g/mol. The SMILES string of the molecule is C[C@H]1C(=O)N(Cc2ccccc2)Cc2nnc(-c3cccc(C#N)c3)n21. The first-order chi connectivity index (χ1) is 12.7. The number of hydrogen-bond donors (Lipinski definition) is 0. The van der Waals surface area contributed by atoms with E-state index in [1.807, 2.05) is 54.0 Å². The molecule has 6 heteroatoms. The highest BCUT2D eigenvalue weighted by Gasteiger charge is 2.33. The Kier molecular flexibility index (Phi) is 3.98. The first-order valence-electron chi connectivity index (χ1n) is 8.44. The molecule has 128 valence electrons. The quantitative estimate of drug-likeness (QED) is 0.733. The molecule has 1 aliphatic rings. The molecule has 0 radical (unpaired) electrons. The van der Waals surface area contributed by atoms with Gasteiger partial charge in [-0.3, -0.25) is 9.36 Å². The first-order valence-corrected chi connectivity index (χ1v) is 8.44. The summed E-state index contributed by atoms with van der Waals surface area (Å²) in [6, 6.07) is 18.9. The maximum Gasteiger partial charge on any atom is 0.246 e. The fourth-order valence-corrected chi connectivity index (χ4v) is 3.32. The van der Waals surface area contributed by atoms with Gasteiger partial charge in [-0.25, -0.2) is 0 Å². The first kappa shape index (κ1) is 16.0. The van der Waals surface area contributed by atoms with Crippen LogP contribution in [0.25, 0.3) is 11.4 Å². The largest absolute Gasteiger partial charge is 0.329 e. The molecule has 3 aromatic rings. The lowest BCUT2D eigenvalue weighted by Gasteiger charge is -2.32. The van der Waals surface area contributed by atoms with Crippen molar-refractivity contribution in [2.75, 3.05) is 0 Å². The monoisotopic (exact) mass is 343 g/mol. The van der Waals surface area contributed by atoms with Gasteiger partial charge in [0.15, 0.2) is 11.6 Å². The second-order valence-corrected chi connectivity index (χ2v) is 6.36. The topological polar surface area (TPSA) is 74.8 Å². The molecule has 0 saturated carbocycles. The molecule has 2 heterocycles. The summed E-state index contributed by atoms with van der Waals surface area (Å²) in [5.41, 5.74) is 2.43. The molecule has 2 aromatic carbocycles. The minimum absolute atomic E-state index is 0.0406. The molecule has 0 fully saturated rings. The zero-order valence-electron chi connectivity index (χ0n) is 14.3. The van der Waals surface area contributed by atoms with Crippen molar-refractivity contribution >= 4 is 5.91 Å². The van der Waals surface area contributed by atoms with E-state index in [-0.39, 0.29) is 5.91 Å². The van der Waals surface area contributed by atoms with Crippen molar-refractivity contribution in [3.05, 3.63) is 71.5 Å². The fraction of sp³-hybridized carbons (Fsp3) is 0.200. The zero-order valence-corrected chi connectivity index (χ0v) is 14.3. The van der Waals surface area contributed by atoms with Gasteiger partial charge in [0.1, 0.15) is 6.04 Å². The van der Waals surface area contributed by atoms with Gasteiger partial charge in [0.2, 0.25) is 5.91 Å². The second kappa shape index (κ2) is 6.45. The van der Waals surface area contributed by atoms with Crippen LogP contribution < -0.4 is 0 Å². The van der Waals surface area contributed by atoms with Crippen LogP contribution in [0.4, 0.5) is 0 Å². The lowest BCUT2D eigenvalue weighted by atomic mass is 10.1. The number of hydrogen-bond acceptors (Lipinski definition) is 4. The summed E-state index contributed by atoms with van der Waals surface area (Å²) in [5, 5.41) is 17.7. The predicted molar refractivity (Wildman–Crippen MR) is 95.6 cm³/mol. The van der Waals surface area contributed by atoms with E-state index in [1.54, 1.807) is 17.0 Å². The van der Waals surface area contributed by atoms with Crippen molar-refractivity contribution in [2.24, 2.45) is 0 Å². The van der Waals surface area contributed by atoms with Crippen LogP contribution in [0.5, 0.6) is 0 Å². The van der Waals surface area contributed by atoms with E-state index in [1.165, 1.54) is 0 Å². The molecular formula is C20H17N5O. The summed E-state index contributed by atoms with van der Waals surface area (Å²) in [4.78, 5) is 14.7. The minimum Gasteiger partial charge on any atom is -0.329 e. The summed E-state index contributed by atoms with van der Waals surface area (Å²) < 4.78 is 1.88. The Bertz CT molecular complexity index is 1000. The van der Waals surface area contributed by atoms with Gasteiger partial charge in [-0.05, 0) is 24.6 Å². The molecule has 0 unspecified atom stereocenters. The Balaban J connectivity index is 1.68. The summed E-state index contributed by atoms with van der Waals surface area (Å²) in [6.45, 7) is 2.84. The number of fused-ring (bicyclic) bond motifs is 1. The van der Waals surface area contributed by atoms with Crippen molar-refractivity contribution in [2.45, 2.75) is 26.1 Å². The normalized spacial score (nSPS) is 16.2. The van der Waals surface area contributed by atoms with Gasteiger partial charge >= 0.3 is 0 Å². The number of carbonyl (C=O) groups excluding carboxylic acids is 1. The summed E-state index contributed by atoms with van der Waals surface area (Å²) in [5.74, 6) is 1.42. The summed E-state index contributed by atoms with van der Waals surface area (Å²) in [7, 11) is 0. The van der Waals surface area contributed by atoms with Crippen LogP contribution >= 0.6 is 0 Å². The lowest BCUT2D eigenvalue weighted by Crippen LogP contribution is -2.41. The van der Waals surface area contributed by atoms with Crippen LogP contribution in [-0.2, 0) is 17.9 Å². The highest BCUT2D eigenvalue weighted by molar-refractivity contribution is 5.82. The Morgan fingerprint density at radius 2 is 1.96 bits per heavy atom. The van der Waals surface area contributed by atoms with E-state index in [9.17, 15) is 4.79 Å². The van der Waals surface area contributed by atoms with Crippen LogP contribution in [0.15, 0.2) is 54.6 Å². The van der Waals surface area contributed by atoms with Crippen LogP contribution in [0.3, 0.4) is 0 Å². The minimum atomic E-state index is -0.391. The number of nitrogens with zero attached hydrogens (tertiary/aromatic N) is 5. The van der Waals surface area contributed by atoms with Crippen molar-refractivity contribution in [3.63, 3.8) is 0 Å². The molecule has 0 saturated heterocycles. The lowest BCUT2D eigenvalue weighted by molar-refractivity contribution is -0.137. The highest BCUT2D eigenvalue weighted by Crippen LogP contribution is 2.29. The van der Waals surface area contributed by atoms with Gasteiger partial charge in [-0.15, -0.1) is 10.2 Å².